The number of hydrogen-bond acceptors (Lipinski definition) is 9. The van der Waals surface area contributed by atoms with E-state index in [1.807, 2.05) is 0 Å². The van der Waals surface area contributed by atoms with Crippen LogP contribution in [0.5, 0.6) is 5.75 Å². The molecule has 3 aromatic heterocycles. The van der Waals surface area contributed by atoms with E-state index in [1.165, 1.54) is 54.5 Å². The molecule has 4 aromatic rings. The summed E-state index contributed by atoms with van der Waals surface area (Å²) in [6.07, 6.45) is 2.48. The van der Waals surface area contributed by atoms with E-state index < -0.39 is 30.5 Å². The number of carbonyl (C=O) groups is 1. The number of carbonyl (C=O) groups excluding carboxylic acids is 1. The lowest BCUT2D eigenvalue weighted by Gasteiger charge is -2.31. The Hall–Kier alpha value is -3.91. The van der Waals surface area contributed by atoms with Crippen LogP contribution in [0.2, 0.25) is 0 Å². The fourth-order valence-corrected chi connectivity index (χ4v) is 4.87. The van der Waals surface area contributed by atoms with Crippen LogP contribution in [0.4, 0.5) is 13.2 Å². The first-order chi connectivity index (χ1) is 17.6. The van der Waals surface area contributed by atoms with Gasteiger partial charge in [0.2, 0.25) is 0 Å². The molecule has 3 heterocycles. The molecule has 0 aliphatic heterocycles. The van der Waals surface area contributed by atoms with E-state index in [-0.39, 0.29) is 34.6 Å². The van der Waals surface area contributed by atoms with Crippen LogP contribution in [-0.4, -0.2) is 65.8 Å². The smallest absolute Gasteiger partial charge is 0.387 e. The van der Waals surface area contributed by atoms with E-state index in [1.54, 1.807) is 0 Å². The molecule has 0 amide bonds. The highest BCUT2D eigenvalue weighted by molar-refractivity contribution is 5.81. The molecule has 0 spiro atoms. The van der Waals surface area contributed by atoms with Gasteiger partial charge in [0.1, 0.15) is 24.2 Å². The molecule has 0 bridgehead atoms. The quantitative estimate of drug-likeness (QED) is 0.251. The van der Waals surface area contributed by atoms with Crippen LogP contribution in [0.3, 0.4) is 0 Å². The zero-order valence-corrected chi connectivity index (χ0v) is 19.2. The molecule has 1 aliphatic rings. The summed E-state index contributed by atoms with van der Waals surface area (Å²) < 4.78 is 47.6. The third-order valence-corrected chi connectivity index (χ3v) is 6.51. The summed E-state index contributed by atoms with van der Waals surface area (Å²) >= 11 is 0. The molecular formula is C24H20F3N5O5. The Balaban J connectivity index is 1.78. The lowest BCUT2D eigenvalue weighted by Crippen LogP contribution is -2.47. The predicted molar refractivity (Wildman–Crippen MR) is 121 cm³/mol. The minimum Gasteiger partial charge on any atom is -0.434 e. The number of halogens is 3. The van der Waals surface area contributed by atoms with E-state index >= 15 is 4.39 Å². The van der Waals surface area contributed by atoms with E-state index in [9.17, 15) is 28.9 Å². The number of hydrogen-bond donors (Lipinski definition) is 3. The zero-order chi connectivity index (χ0) is 26.5. The van der Waals surface area contributed by atoms with Gasteiger partial charge in [-0.1, -0.05) is 12.1 Å². The Morgan fingerprint density at radius 2 is 1.95 bits per heavy atom. The summed E-state index contributed by atoms with van der Waals surface area (Å²) in [6.45, 7) is -3.18. The number of alkyl halides is 2. The second kappa shape index (κ2) is 9.19. The number of benzene rings is 1. The van der Waals surface area contributed by atoms with Crippen molar-refractivity contribution in [3.63, 3.8) is 0 Å². The third kappa shape index (κ3) is 4.31. The van der Waals surface area contributed by atoms with E-state index in [4.69, 9.17) is 4.74 Å². The number of aldehydes is 1. The molecule has 5 rings (SSSR count). The molecule has 1 aromatic carbocycles. The Morgan fingerprint density at radius 3 is 2.59 bits per heavy atom. The molecule has 2 unspecified atom stereocenters. The van der Waals surface area contributed by atoms with Gasteiger partial charge in [0.15, 0.2) is 0 Å². The summed E-state index contributed by atoms with van der Waals surface area (Å²) in [5.41, 5.74) is 1.69. The minimum atomic E-state index is -3.25. The highest BCUT2D eigenvalue weighted by Gasteiger charge is 2.45. The van der Waals surface area contributed by atoms with Gasteiger partial charge in [-0.25, -0.2) is 23.8 Å². The summed E-state index contributed by atoms with van der Waals surface area (Å²) in [5.74, 6) is -1.73. The Kier molecular flexibility index (Phi) is 6.15. The van der Waals surface area contributed by atoms with E-state index in [0.29, 0.717) is 22.9 Å². The van der Waals surface area contributed by atoms with Gasteiger partial charge in [0.05, 0.1) is 23.4 Å². The van der Waals surface area contributed by atoms with Crippen molar-refractivity contribution in [3.8, 4) is 16.9 Å². The van der Waals surface area contributed by atoms with Crippen LogP contribution < -0.4 is 4.74 Å². The topological polar surface area (TPSA) is 133 Å². The fourth-order valence-electron chi connectivity index (χ4n) is 4.87. The molecule has 37 heavy (non-hydrogen) atoms. The van der Waals surface area contributed by atoms with Crippen molar-refractivity contribution >= 4 is 11.8 Å². The molecule has 0 fully saturated rings. The standard InChI is InChI=1S/C24H20F3N5O5/c1-31(24(34,35)36)18-6-15(20-12(10-33)3-2-4-19(20)37-23(26)27)21-17-5-14(13-7-28-11-29-8-13)16(25)9-32(17)30-22(18)21/h2-5,7-11,15,18,23,34-36H,6H2,1H3. The second-order valence-electron chi connectivity index (χ2n) is 8.56. The maximum absolute atomic E-state index is 15.1. The van der Waals surface area contributed by atoms with Gasteiger partial charge in [-0.15, -0.1) is 0 Å². The van der Waals surface area contributed by atoms with Crippen molar-refractivity contribution in [1.82, 2.24) is 24.5 Å². The number of aromatic nitrogens is 4. The first-order valence-electron chi connectivity index (χ1n) is 11.0. The van der Waals surface area contributed by atoms with Gasteiger partial charge in [-0.05, 0) is 25.6 Å². The summed E-state index contributed by atoms with van der Waals surface area (Å²) in [4.78, 5) is 20.6. The van der Waals surface area contributed by atoms with Crippen molar-refractivity contribution in [2.24, 2.45) is 0 Å². The van der Waals surface area contributed by atoms with Gasteiger partial charge in [-0.2, -0.15) is 13.9 Å². The first kappa shape index (κ1) is 24.8. The fraction of sp³-hybridized carbons (Fsp3) is 0.250. The van der Waals surface area contributed by atoms with Gasteiger partial charge in [0, 0.05) is 46.1 Å². The Labute approximate surface area is 207 Å². The average Bonchev–Trinajstić information content (AvgIpc) is 3.39. The van der Waals surface area contributed by atoms with Crippen LogP contribution in [0.25, 0.3) is 16.6 Å². The molecular weight excluding hydrogens is 495 g/mol. The Bertz CT molecular complexity index is 1480. The monoisotopic (exact) mass is 515 g/mol. The zero-order valence-electron chi connectivity index (χ0n) is 19.2. The number of nitrogens with zero attached hydrogens (tertiary/aromatic N) is 5. The normalized spacial score (nSPS) is 17.5. The molecule has 0 saturated carbocycles. The van der Waals surface area contributed by atoms with Crippen molar-refractivity contribution in [3.05, 3.63) is 77.4 Å². The van der Waals surface area contributed by atoms with E-state index in [2.05, 4.69) is 15.1 Å². The van der Waals surface area contributed by atoms with Crippen molar-refractivity contribution < 1.29 is 38.0 Å². The number of aliphatic hydroxyl groups is 3. The average molecular weight is 515 g/mol. The molecule has 1 aliphatic carbocycles. The molecule has 13 heteroatoms. The molecule has 10 nitrogen and oxygen atoms in total. The highest BCUT2D eigenvalue weighted by atomic mass is 19.3. The predicted octanol–water partition coefficient (Wildman–Crippen LogP) is 2.44. The van der Waals surface area contributed by atoms with Crippen LogP contribution in [-0.2, 0) is 0 Å². The van der Waals surface area contributed by atoms with Crippen LogP contribution in [0, 0.1) is 5.82 Å². The van der Waals surface area contributed by atoms with Crippen molar-refractivity contribution in [2.75, 3.05) is 7.05 Å². The summed E-state index contributed by atoms with van der Waals surface area (Å²) in [7, 11) is 1.22. The molecule has 2 atom stereocenters. The van der Waals surface area contributed by atoms with Crippen molar-refractivity contribution in [1.29, 1.82) is 0 Å². The highest BCUT2D eigenvalue weighted by Crippen LogP contribution is 2.51. The summed E-state index contributed by atoms with van der Waals surface area (Å²) in [5, 5.41) is 34.0. The van der Waals surface area contributed by atoms with Gasteiger partial charge >= 0.3 is 12.7 Å². The third-order valence-electron chi connectivity index (χ3n) is 6.51. The maximum Gasteiger partial charge on any atom is 0.387 e. The van der Waals surface area contributed by atoms with Gasteiger partial charge < -0.3 is 20.1 Å². The molecule has 3 N–H and O–H groups in total. The van der Waals surface area contributed by atoms with E-state index in [0.717, 1.165) is 11.1 Å². The van der Waals surface area contributed by atoms with Crippen LogP contribution in [0.15, 0.2) is 49.2 Å². The van der Waals surface area contributed by atoms with Crippen molar-refractivity contribution in [2.45, 2.75) is 31.1 Å². The maximum atomic E-state index is 15.1. The number of pyridine rings is 1. The lowest BCUT2D eigenvalue weighted by molar-refractivity contribution is -0.396. The van der Waals surface area contributed by atoms with Crippen LogP contribution in [0.1, 0.15) is 45.6 Å². The largest absolute Gasteiger partial charge is 0.434 e. The lowest BCUT2D eigenvalue weighted by atomic mass is 9.88. The SMILES string of the molecule is CN(C1CC(c2c(C=O)cccc2OC(F)F)c2c1nn1cc(F)c(-c3cncnc3)cc21)C(O)(O)O. The molecule has 0 saturated heterocycles. The first-order valence-corrected chi connectivity index (χ1v) is 11.0. The Morgan fingerprint density at radius 1 is 1.22 bits per heavy atom. The van der Waals surface area contributed by atoms with Crippen LogP contribution >= 0.6 is 0 Å². The number of fused-ring (bicyclic) bond motifs is 3. The number of ether oxygens (including phenoxy) is 1. The van der Waals surface area contributed by atoms with Gasteiger partial charge in [-0.3, -0.25) is 4.79 Å². The summed E-state index contributed by atoms with van der Waals surface area (Å²) in [6, 6.07) is 4.63. The molecule has 192 valence electrons. The second-order valence-corrected chi connectivity index (χ2v) is 8.56. The molecule has 0 radical (unpaired) electrons. The number of rotatable bonds is 7. The van der Waals surface area contributed by atoms with Gasteiger partial charge in [0.25, 0.3) is 0 Å². The minimum absolute atomic E-state index is 0.000292.